The van der Waals surface area contributed by atoms with Gasteiger partial charge < -0.3 is 9.47 Å². The Hall–Kier alpha value is -2.46. The summed E-state index contributed by atoms with van der Waals surface area (Å²) >= 11 is 7.61. The minimum atomic E-state index is -4.74. The summed E-state index contributed by atoms with van der Waals surface area (Å²) < 4.78 is 41.7. The lowest BCUT2D eigenvalue weighted by molar-refractivity contribution is -0.141. The van der Waals surface area contributed by atoms with Gasteiger partial charge in [-0.1, -0.05) is 11.6 Å². The summed E-state index contributed by atoms with van der Waals surface area (Å²) in [6.45, 7) is 2.51. The lowest BCUT2D eigenvalue weighted by atomic mass is 9.91. The number of aromatic nitrogens is 4. The van der Waals surface area contributed by atoms with E-state index < -0.39 is 22.8 Å². The Labute approximate surface area is 184 Å². The topological polar surface area (TPSA) is 63.9 Å². The highest BCUT2D eigenvalue weighted by molar-refractivity contribution is 7.15. The van der Waals surface area contributed by atoms with Crippen LogP contribution < -0.4 is 0 Å². The quantitative estimate of drug-likeness (QED) is 0.524. The zero-order chi connectivity index (χ0) is 21.9. The molecule has 5 heterocycles. The molecule has 2 aliphatic rings. The molecule has 162 valence electrons. The summed E-state index contributed by atoms with van der Waals surface area (Å²) in [4.78, 5) is 20.5. The molecule has 2 aliphatic heterocycles. The van der Waals surface area contributed by atoms with Gasteiger partial charge in [0.2, 0.25) is 0 Å². The van der Waals surface area contributed by atoms with E-state index in [-0.39, 0.29) is 17.6 Å². The Balaban J connectivity index is 1.54. The molecule has 2 atom stereocenters. The third-order valence-corrected chi connectivity index (χ3v) is 7.18. The van der Waals surface area contributed by atoms with E-state index in [1.54, 1.807) is 16.2 Å². The van der Waals surface area contributed by atoms with Crippen molar-refractivity contribution < 1.29 is 18.0 Å². The molecular formula is C20H17ClF3N5OS. The van der Waals surface area contributed by atoms with E-state index in [2.05, 4.69) is 15.2 Å². The molecule has 1 fully saturated rings. The van der Waals surface area contributed by atoms with E-state index in [1.165, 1.54) is 6.07 Å². The Kier molecular flexibility index (Phi) is 4.82. The number of piperidine rings is 1. The Morgan fingerprint density at radius 3 is 2.74 bits per heavy atom. The second-order valence-corrected chi connectivity index (χ2v) is 9.40. The summed E-state index contributed by atoms with van der Waals surface area (Å²) in [5, 5.41) is 8.08. The van der Waals surface area contributed by atoms with E-state index in [9.17, 15) is 18.0 Å². The van der Waals surface area contributed by atoms with Crippen molar-refractivity contribution in [2.24, 2.45) is 0 Å². The molecule has 31 heavy (non-hydrogen) atoms. The molecule has 1 saturated heterocycles. The van der Waals surface area contributed by atoms with Crippen molar-refractivity contribution in [2.75, 3.05) is 0 Å². The highest BCUT2D eigenvalue weighted by Crippen LogP contribution is 2.43. The van der Waals surface area contributed by atoms with Crippen LogP contribution in [0.15, 0.2) is 24.4 Å². The third kappa shape index (κ3) is 3.32. The Morgan fingerprint density at radius 2 is 2.03 bits per heavy atom. The van der Waals surface area contributed by atoms with Crippen molar-refractivity contribution in [3.05, 3.63) is 51.4 Å². The third-order valence-electron chi connectivity index (χ3n) is 5.80. The van der Waals surface area contributed by atoms with Crippen LogP contribution in [-0.2, 0) is 12.7 Å². The van der Waals surface area contributed by atoms with Gasteiger partial charge >= 0.3 is 6.18 Å². The van der Waals surface area contributed by atoms with Crippen LogP contribution in [0.1, 0.15) is 52.1 Å². The fourth-order valence-electron chi connectivity index (χ4n) is 4.45. The molecule has 5 rings (SSSR count). The number of amides is 1. The predicted octanol–water partition coefficient (Wildman–Crippen LogP) is 5.13. The highest BCUT2D eigenvalue weighted by atomic mass is 35.5. The average Bonchev–Trinajstić information content (AvgIpc) is 3.32. The Bertz CT molecular complexity index is 1170. The maximum atomic E-state index is 13.4. The fourth-order valence-corrected chi connectivity index (χ4v) is 5.62. The summed E-state index contributed by atoms with van der Waals surface area (Å²) in [7, 11) is 0. The maximum absolute atomic E-state index is 13.4. The number of hydrogen-bond donors (Lipinski definition) is 0. The molecule has 1 amide bonds. The molecule has 2 bridgehead atoms. The number of alkyl halides is 3. The van der Waals surface area contributed by atoms with Crippen molar-refractivity contribution in [1.29, 1.82) is 0 Å². The van der Waals surface area contributed by atoms with Gasteiger partial charge in [-0.05, 0) is 44.4 Å². The highest BCUT2D eigenvalue weighted by Gasteiger charge is 2.44. The first kappa shape index (κ1) is 20.4. The standard InChI is InChI=1S/C20H17ClF3N5OS/c1-10-5-6-14(31-10)18-27-26-17-13-4-2-3-11(9-28(17)18)29(13)19(30)12-7-8-25-16(15(12)21)20(22,23)24/h5-8,11,13H,2-4,9H2,1H3/t11?,13-/m0/s1. The number of hydrogen-bond acceptors (Lipinski definition) is 5. The van der Waals surface area contributed by atoms with Crippen LogP contribution >= 0.6 is 22.9 Å². The van der Waals surface area contributed by atoms with E-state index >= 15 is 0 Å². The second-order valence-electron chi connectivity index (χ2n) is 7.73. The largest absolute Gasteiger partial charge is 0.434 e. The van der Waals surface area contributed by atoms with Gasteiger partial charge in [0.05, 0.1) is 27.5 Å². The number of nitrogens with zero attached hydrogens (tertiary/aromatic N) is 5. The zero-order valence-electron chi connectivity index (χ0n) is 16.4. The van der Waals surface area contributed by atoms with Gasteiger partial charge in [-0.25, -0.2) is 0 Å². The van der Waals surface area contributed by atoms with Crippen molar-refractivity contribution >= 4 is 28.8 Å². The van der Waals surface area contributed by atoms with Gasteiger partial charge in [0.15, 0.2) is 17.3 Å². The monoisotopic (exact) mass is 467 g/mol. The number of carbonyl (C=O) groups is 1. The molecule has 0 aliphatic carbocycles. The lowest BCUT2D eigenvalue weighted by Gasteiger charge is -2.45. The number of rotatable bonds is 2. The van der Waals surface area contributed by atoms with Gasteiger partial charge in [0, 0.05) is 17.6 Å². The van der Waals surface area contributed by atoms with Gasteiger partial charge in [0.25, 0.3) is 5.91 Å². The van der Waals surface area contributed by atoms with Crippen molar-refractivity contribution in [3.63, 3.8) is 0 Å². The summed E-state index contributed by atoms with van der Waals surface area (Å²) in [6.07, 6.45) is -1.45. The van der Waals surface area contributed by atoms with Crippen LogP contribution in [0.2, 0.25) is 5.02 Å². The zero-order valence-corrected chi connectivity index (χ0v) is 17.9. The van der Waals surface area contributed by atoms with Gasteiger partial charge in [-0.3, -0.25) is 9.78 Å². The number of halogens is 4. The van der Waals surface area contributed by atoms with E-state index in [4.69, 9.17) is 11.6 Å². The molecule has 6 nitrogen and oxygen atoms in total. The molecule has 0 N–H and O–H groups in total. The van der Waals surface area contributed by atoms with Crippen LogP contribution in [-0.4, -0.2) is 36.6 Å². The number of aryl methyl sites for hydroxylation is 1. The van der Waals surface area contributed by atoms with Crippen LogP contribution in [0.4, 0.5) is 13.2 Å². The number of fused-ring (bicyclic) bond motifs is 4. The molecule has 0 radical (unpaired) electrons. The number of carbonyl (C=O) groups excluding carboxylic acids is 1. The fraction of sp³-hybridized carbons (Fsp3) is 0.400. The van der Waals surface area contributed by atoms with Crippen LogP contribution in [0, 0.1) is 6.92 Å². The molecule has 3 aromatic rings. The Morgan fingerprint density at radius 1 is 1.23 bits per heavy atom. The molecule has 11 heteroatoms. The normalized spacial score (nSPS) is 20.6. The summed E-state index contributed by atoms with van der Waals surface area (Å²) in [5.74, 6) is 0.889. The number of thiophene rings is 1. The smallest absolute Gasteiger partial charge is 0.324 e. The SMILES string of the molecule is Cc1ccc(-c2nnc3n2CC2CCC[C@@H]3N2C(=O)c2ccnc(C(F)(F)F)c2Cl)s1. The van der Waals surface area contributed by atoms with Crippen molar-refractivity contribution in [2.45, 2.75) is 51.0 Å². The first-order valence-corrected chi connectivity index (χ1v) is 11.0. The second kappa shape index (κ2) is 7.30. The van der Waals surface area contributed by atoms with Gasteiger partial charge in [-0.2, -0.15) is 13.2 Å². The van der Waals surface area contributed by atoms with E-state index in [0.717, 1.165) is 34.6 Å². The van der Waals surface area contributed by atoms with E-state index in [1.807, 2.05) is 23.6 Å². The minimum absolute atomic E-state index is 0.173. The van der Waals surface area contributed by atoms with Crippen molar-refractivity contribution in [1.82, 2.24) is 24.6 Å². The predicted molar refractivity (Wildman–Crippen MR) is 109 cm³/mol. The van der Waals surface area contributed by atoms with Crippen molar-refractivity contribution in [3.8, 4) is 10.7 Å². The molecule has 3 aromatic heterocycles. The summed E-state index contributed by atoms with van der Waals surface area (Å²) in [6, 6.07) is 4.73. The number of pyridine rings is 1. The first-order valence-electron chi connectivity index (χ1n) is 9.80. The van der Waals surface area contributed by atoms with E-state index in [0.29, 0.717) is 18.8 Å². The first-order chi connectivity index (χ1) is 14.8. The minimum Gasteiger partial charge on any atom is -0.324 e. The molecule has 1 unspecified atom stereocenters. The van der Waals surface area contributed by atoms with Crippen LogP contribution in [0.25, 0.3) is 10.7 Å². The maximum Gasteiger partial charge on any atom is 0.434 e. The molecule has 0 aromatic carbocycles. The average molecular weight is 468 g/mol. The lowest BCUT2D eigenvalue weighted by Crippen LogP contribution is -2.52. The van der Waals surface area contributed by atoms with Crippen LogP contribution in [0.5, 0.6) is 0 Å². The molecule has 0 saturated carbocycles. The van der Waals surface area contributed by atoms with Gasteiger partial charge in [0.1, 0.15) is 0 Å². The molecular weight excluding hydrogens is 451 g/mol. The summed E-state index contributed by atoms with van der Waals surface area (Å²) in [5.41, 5.74) is -1.44. The van der Waals surface area contributed by atoms with Crippen LogP contribution in [0.3, 0.4) is 0 Å². The molecule has 0 spiro atoms. The van der Waals surface area contributed by atoms with Gasteiger partial charge in [-0.15, -0.1) is 21.5 Å².